The second-order valence-electron chi connectivity index (χ2n) is 4.78. The summed E-state index contributed by atoms with van der Waals surface area (Å²) in [6, 6.07) is 6.11. The van der Waals surface area contributed by atoms with Gasteiger partial charge in [0.15, 0.2) is 5.13 Å². The zero-order valence-corrected chi connectivity index (χ0v) is 12.6. The number of hydrogen-bond donors (Lipinski definition) is 1. The number of nitrogens with zero attached hydrogens (tertiary/aromatic N) is 1. The van der Waals surface area contributed by atoms with Crippen LogP contribution in [0.4, 0.5) is 5.13 Å². The first kappa shape index (κ1) is 15.2. The molecule has 0 bridgehead atoms. The number of hydrogen-bond acceptors (Lipinski definition) is 5. The molecule has 1 heterocycles. The van der Waals surface area contributed by atoms with Gasteiger partial charge in [-0.3, -0.25) is 4.79 Å². The van der Waals surface area contributed by atoms with Crippen molar-refractivity contribution in [3.63, 3.8) is 0 Å². The topological polar surface area (TPSA) is 82.1 Å². The fourth-order valence-corrected chi connectivity index (χ4v) is 2.59. The van der Waals surface area contributed by atoms with Crippen molar-refractivity contribution in [2.75, 3.05) is 5.32 Å². The number of aryl methyl sites for hydroxylation is 2. The summed E-state index contributed by atoms with van der Waals surface area (Å²) >= 11 is 1.32. The highest BCUT2D eigenvalue weighted by Gasteiger charge is 2.10. The monoisotopic (exact) mass is 303 g/mol. The van der Waals surface area contributed by atoms with Gasteiger partial charge in [-0.1, -0.05) is 17.7 Å². The van der Waals surface area contributed by atoms with Gasteiger partial charge >= 0.3 is 0 Å². The van der Waals surface area contributed by atoms with Crippen molar-refractivity contribution in [3.8, 4) is 11.3 Å². The number of carboxylic acid groups (broad SMARTS) is 1. The molecule has 0 radical (unpaired) electrons. The van der Waals surface area contributed by atoms with Crippen LogP contribution in [0.25, 0.3) is 11.3 Å². The van der Waals surface area contributed by atoms with E-state index in [0.29, 0.717) is 5.13 Å². The molecule has 0 aliphatic rings. The Kier molecular flexibility index (Phi) is 4.70. The number of thiazole rings is 1. The van der Waals surface area contributed by atoms with Crippen LogP contribution in [-0.4, -0.2) is 16.9 Å². The van der Waals surface area contributed by atoms with Crippen molar-refractivity contribution >= 4 is 28.3 Å². The normalized spacial score (nSPS) is 10.4. The third kappa shape index (κ3) is 4.13. The van der Waals surface area contributed by atoms with Gasteiger partial charge in [-0.2, -0.15) is 0 Å². The first-order chi connectivity index (χ1) is 9.95. The van der Waals surface area contributed by atoms with Crippen molar-refractivity contribution < 1.29 is 14.7 Å². The molecule has 5 nitrogen and oxygen atoms in total. The van der Waals surface area contributed by atoms with Gasteiger partial charge in [0.2, 0.25) is 5.91 Å². The van der Waals surface area contributed by atoms with E-state index in [1.54, 1.807) is 0 Å². The van der Waals surface area contributed by atoms with Crippen LogP contribution in [0.2, 0.25) is 0 Å². The first-order valence-corrected chi connectivity index (χ1v) is 7.36. The lowest BCUT2D eigenvalue weighted by molar-refractivity contribution is -0.305. The minimum atomic E-state index is -1.24. The van der Waals surface area contributed by atoms with Gasteiger partial charge < -0.3 is 15.2 Å². The van der Waals surface area contributed by atoms with Crippen LogP contribution < -0.4 is 10.4 Å². The first-order valence-electron chi connectivity index (χ1n) is 6.48. The molecule has 1 amide bonds. The smallest absolute Gasteiger partial charge is 0.226 e. The Bertz CT molecular complexity index is 679. The van der Waals surface area contributed by atoms with Gasteiger partial charge in [0.05, 0.1) is 5.69 Å². The molecule has 0 unspecified atom stereocenters. The summed E-state index contributed by atoms with van der Waals surface area (Å²) in [5.41, 5.74) is 4.08. The van der Waals surface area contributed by atoms with E-state index in [-0.39, 0.29) is 18.7 Å². The van der Waals surface area contributed by atoms with Crippen molar-refractivity contribution in [1.29, 1.82) is 0 Å². The van der Waals surface area contributed by atoms with Crippen LogP contribution in [0, 0.1) is 13.8 Å². The molecule has 21 heavy (non-hydrogen) atoms. The number of rotatable bonds is 5. The lowest BCUT2D eigenvalue weighted by Crippen LogP contribution is -2.24. The Morgan fingerprint density at radius 1 is 1.29 bits per heavy atom. The van der Waals surface area contributed by atoms with Crippen LogP contribution >= 0.6 is 11.3 Å². The Balaban J connectivity index is 2.09. The zero-order chi connectivity index (χ0) is 15.4. The molecule has 1 N–H and O–H groups in total. The number of carbonyl (C=O) groups excluding carboxylic acids is 2. The van der Waals surface area contributed by atoms with Crippen LogP contribution in [0.15, 0.2) is 23.6 Å². The molecule has 1 aromatic heterocycles. The Morgan fingerprint density at radius 3 is 2.76 bits per heavy atom. The highest BCUT2D eigenvalue weighted by Crippen LogP contribution is 2.28. The van der Waals surface area contributed by atoms with E-state index < -0.39 is 5.97 Å². The maximum absolute atomic E-state index is 11.5. The molecule has 0 saturated heterocycles. The summed E-state index contributed by atoms with van der Waals surface area (Å²) in [5, 5.41) is 15.2. The number of anilines is 1. The molecule has 0 aliphatic carbocycles. The minimum absolute atomic E-state index is 0.110. The number of aromatic nitrogens is 1. The standard InChI is InChI=1S/C15H16N2O3S/c1-9-3-4-10(2)11(7-9)12-8-21-15(16-12)17-13(18)5-6-14(19)20/h3-4,7-8H,5-6H2,1-2H3,(H,19,20)(H,16,17,18)/p-1. The molecular weight excluding hydrogens is 288 g/mol. The number of carboxylic acids is 1. The van der Waals surface area contributed by atoms with Gasteiger partial charge in [-0.15, -0.1) is 11.3 Å². The number of nitrogens with one attached hydrogen (secondary N) is 1. The summed E-state index contributed by atoms with van der Waals surface area (Å²) < 4.78 is 0. The molecule has 6 heteroatoms. The minimum Gasteiger partial charge on any atom is -0.550 e. The van der Waals surface area contributed by atoms with Gasteiger partial charge in [0.25, 0.3) is 0 Å². The van der Waals surface area contributed by atoms with E-state index in [0.717, 1.165) is 22.4 Å². The molecule has 0 atom stereocenters. The Hall–Kier alpha value is -2.21. The van der Waals surface area contributed by atoms with Crippen molar-refractivity contribution in [2.45, 2.75) is 26.7 Å². The fraction of sp³-hybridized carbons (Fsp3) is 0.267. The average molecular weight is 303 g/mol. The van der Waals surface area contributed by atoms with E-state index in [9.17, 15) is 14.7 Å². The highest BCUT2D eigenvalue weighted by molar-refractivity contribution is 7.14. The second-order valence-corrected chi connectivity index (χ2v) is 5.63. The van der Waals surface area contributed by atoms with Crippen molar-refractivity contribution in [2.24, 2.45) is 0 Å². The van der Waals surface area contributed by atoms with Gasteiger partial charge in [-0.25, -0.2) is 4.98 Å². The largest absolute Gasteiger partial charge is 0.550 e. The van der Waals surface area contributed by atoms with Gasteiger partial charge in [0.1, 0.15) is 0 Å². The summed E-state index contributed by atoms with van der Waals surface area (Å²) in [4.78, 5) is 26.2. The van der Waals surface area contributed by atoms with Gasteiger partial charge in [0, 0.05) is 23.3 Å². The van der Waals surface area contributed by atoms with Crippen LogP contribution in [0.3, 0.4) is 0 Å². The van der Waals surface area contributed by atoms with E-state index in [4.69, 9.17) is 0 Å². The quantitative estimate of drug-likeness (QED) is 0.914. The SMILES string of the molecule is Cc1ccc(C)c(-c2csc(NC(=O)CCC(=O)[O-])n2)c1. The molecular formula is C15H15N2O3S-. The number of amides is 1. The third-order valence-electron chi connectivity index (χ3n) is 2.98. The third-order valence-corrected chi connectivity index (χ3v) is 3.73. The lowest BCUT2D eigenvalue weighted by atomic mass is 10.0. The molecule has 0 fully saturated rings. The molecule has 2 aromatic rings. The molecule has 0 aliphatic heterocycles. The fourth-order valence-electron chi connectivity index (χ4n) is 1.86. The summed E-state index contributed by atoms with van der Waals surface area (Å²) in [7, 11) is 0. The van der Waals surface area contributed by atoms with E-state index >= 15 is 0 Å². The maximum atomic E-state index is 11.5. The summed E-state index contributed by atoms with van der Waals surface area (Å²) in [6.07, 6.45) is -0.401. The van der Waals surface area contributed by atoms with E-state index in [2.05, 4.69) is 10.3 Å². The van der Waals surface area contributed by atoms with Crippen molar-refractivity contribution in [3.05, 3.63) is 34.7 Å². The lowest BCUT2D eigenvalue weighted by Gasteiger charge is -2.04. The molecule has 2 rings (SSSR count). The number of carbonyl (C=O) groups is 2. The van der Waals surface area contributed by atoms with E-state index in [1.807, 2.05) is 37.4 Å². The predicted octanol–water partition coefficient (Wildman–Crippen LogP) is 1.90. The van der Waals surface area contributed by atoms with Gasteiger partial charge in [-0.05, 0) is 31.9 Å². The molecule has 1 aromatic carbocycles. The number of benzene rings is 1. The second kappa shape index (κ2) is 6.49. The summed E-state index contributed by atoms with van der Waals surface area (Å²) in [5.74, 6) is -1.61. The van der Waals surface area contributed by atoms with Crippen molar-refractivity contribution in [1.82, 2.24) is 4.98 Å². The van der Waals surface area contributed by atoms with Crippen LogP contribution in [-0.2, 0) is 9.59 Å². The maximum Gasteiger partial charge on any atom is 0.226 e. The zero-order valence-electron chi connectivity index (χ0n) is 11.8. The van der Waals surface area contributed by atoms with Crippen LogP contribution in [0.1, 0.15) is 24.0 Å². The van der Waals surface area contributed by atoms with E-state index in [1.165, 1.54) is 11.3 Å². The Labute approximate surface area is 126 Å². The molecule has 0 saturated carbocycles. The molecule has 0 spiro atoms. The summed E-state index contributed by atoms with van der Waals surface area (Å²) in [6.45, 7) is 4.02. The van der Waals surface area contributed by atoms with Crippen LogP contribution in [0.5, 0.6) is 0 Å². The molecule has 110 valence electrons. The Morgan fingerprint density at radius 2 is 2.05 bits per heavy atom. The highest BCUT2D eigenvalue weighted by atomic mass is 32.1. The number of aliphatic carboxylic acids is 1. The average Bonchev–Trinajstić information content (AvgIpc) is 2.87. The predicted molar refractivity (Wildman–Crippen MR) is 79.9 cm³/mol.